The third kappa shape index (κ3) is 4.99. The number of amides is 1. The van der Waals surface area contributed by atoms with Crippen LogP contribution in [-0.4, -0.2) is 48.1 Å². The fourth-order valence-corrected chi connectivity index (χ4v) is 4.11. The molecule has 1 aliphatic heterocycles. The van der Waals surface area contributed by atoms with Gasteiger partial charge in [0.15, 0.2) is 0 Å². The highest BCUT2D eigenvalue weighted by molar-refractivity contribution is 5.94. The van der Waals surface area contributed by atoms with E-state index in [-0.39, 0.29) is 11.8 Å². The van der Waals surface area contributed by atoms with Crippen LogP contribution in [0.3, 0.4) is 0 Å². The van der Waals surface area contributed by atoms with Crippen LogP contribution in [0.2, 0.25) is 0 Å². The van der Waals surface area contributed by atoms with Crippen LogP contribution in [-0.2, 0) is 6.42 Å². The van der Waals surface area contributed by atoms with Gasteiger partial charge in [-0.1, -0.05) is 18.2 Å². The van der Waals surface area contributed by atoms with Gasteiger partial charge >= 0.3 is 0 Å². The zero-order chi connectivity index (χ0) is 22.5. The first-order valence-electron chi connectivity index (χ1n) is 10.8. The average molecular weight is 433 g/mol. The summed E-state index contributed by atoms with van der Waals surface area (Å²) in [6.07, 6.45) is 2.36. The molecule has 0 radical (unpaired) electrons. The van der Waals surface area contributed by atoms with Gasteiger partial charge in [-0.25, -0.2) is 9.97 Å². The Morgan fingerprint density at radius 2 is 1.72 bits per heavy atom. The van der Waals surface area contributed by atoms with E-state index in [2.05, 4.69) is 9.97 Å². The smallest absolute Gasteiger partial charge is 0.253 e. The molecule has 0 aliphatic carbocycles. The van der Waals surface area contributed by atoms with E-state index in [4.69, 9.17) is 15.2 Å². The summed E-state index contributed by atoms with van der Waals surface area (Å²) in [5, 5.41) is 0. The number of carbonyl (C=O) groups excluding carboxylic acids is 1. The van der Waals surface area contributed by atoms with E-state index in [0.717, 1.165) is 35.5 Å². The zero-order valence-electron chi connectivity index (χ0n) is 18.5. The first-order valence-corrected chi connectivity index (χ1v) is 10.8. The van der Waals surface area contributed by atoms with E-state index in [1.165, 1.54) is 0 Å². The van der Waals surface area contributed by atoms with Gasteiger partial charge in [0.1, 0.15) is 11.5 Å². The summed E-state index contributed by atoms with van der Waals surface area (Å²) in [5.74, 6) is 2.09. The van der Waals surface area contributed by atoms with E-state index in [1.54, 1.807) is 20.3 Å². The van der Waals surface area contributed by atoms with Gasteiger partial charge in [-0.2, -0.15) is 0 Å². The van der Waals surface area contributed by atoms with Gasteiger partial charge in [0.2, 0.25) is 5.95 Å². The van der Waals surface area contributed by atoms with E-state index < -0.39 is 0 Å². The normalized spacial score (nSPS) is 14.2. The number of ether oxygens (including phenoxy) is 2. The second-order valence-electron chi connectivity index (χ2n) is 7.97. The minimum absolute atomic E-state index is 0.0322. The first-order chi connectivity index (χ1) is 15.6. The number of nitrogen functional groups attached to an aromatic ring is 1. The molecule has 3 aromatic rings. The van der Waals surface area contributed by atoms with Crippen molar-refractivity contribution < 1.29 is 14.3 Å². The monoisotopic (exact) mass is 432 g/mol. The maximum Gasteiger partial charge on any atom is 0.253 e. The fraction of sp³-hybridized carbons (Fsp3) is 0.320. The molecule has 1 amide bonds. The van der Waals surface area contributed by atoms with Crippen LogP contribution in [0.15, 0.2) is 54.6 Å². The number of nitrogens with zero attached hydrogens (tertiary/aromatic N) is 3. The fourth-order valence-electron chi connectivity index (χ4n) is 4.11. The molecular weight excluding hydrogens is 404 g/mol. The molecule has 1 aromatic heterocycles. The lowest BCUT2D eigenvalue weighted by molar-refractivity contribution is 0.0711. The molecule has 0 spiro atoms. The van der Waals surface area contributed by atoms with Gasteiger partial charge in [-0.15, -0.1) is 0 Å². The van der Waals surface area contributed by atoms with Crippen molar-refractivity contribution in [2.45, 2.75) is 25.2 Å². The number of hydrogen-bond acceptors (Lipinski definition) is 6. The molecule has 7 heteroatoms. The van der Waals surface area contributed by atoms with Crippen molar-refractivity contribution in [3.05, 3.63) is 77.1 Å². The lowest BCUT2D eigenvalue weighted by Gasteiger charge is -2.32. The average Bonchev–Trinajstić information content (AvgIpc) is 2.84. The van der Waals surface area contributed by atoms with Crippen molar-refractivity contribution in [3.8, 4) is 11.5 Å². The Labute approximate surface area is 188 Å². The topological polar surface area (TPSA) is 90.6 Å². The molecule has 2 N–H and O–H groups in total. The molecule has 2 heterocycles. The Morgan fingerprint density at radius 1 is 1.00 bits per heavy atom. The molecule has 1 fully saturated rings. The van der Waals surface area contributed by atoms with Crippen LogP contribution in [0.1, 0.15) is 46.1 Å². The molecule has 4 rings (SSSR count). The maximum absolute atomic E-state index is 12.9. The van der Waals surface area contributed by atoms with E-state index >= 15 is 0 Å². The molecule has 7 nitrogen and oxygen atoms in total. The Balaban J connectivity index is 1.42. The third-order valence-electron chi connectivity index (χ3n) is 5.88. The van der Waals surface area contributed by atoms with Gasteiger partial charge in [0.25, 0.3) is 5.91 Å². The highest BCUT2D eigenvalue weighted by atomic mass is 16.5. The Morgan fingerprint density at radius 3 is 2.41 bits per heavy atom. The second-order valence-corrected chi connectivity index (χ2v) is 7.97. The second kappa shape index (κ2) is 9.68. The SMILES string of the molecule is COc1ccc(Cc2cc(C3CCN(C(=O)c4cccc(OC)c4)CC3)nc(N)n2)cc1. The molecule has 1 saturated heterocycles. The lowest BCUT2D eigenvalue weighted by Crippen LogP contribution is -2.38. The number of hydrogen-bond donors (Lipinski definition) is 1. The molecule has 0 unspecified atom stereocenters. The summed E-state index contributed by atoms with van der Waals surface area (Å²) >= 11 is 0. The summed E-state index contributed by atoms with van der Waals surface area (Å²) in [7, 11) is 3.26. The number of piperidine rings is 1. The molecule has 0 saturated carbocycles. The minimum atomic E-state index is 0.0322. The summed E-state index contributed by atoms with van der Waals surface area (Å²) < 4.78 is 10.5. The Bertz CT molecular complexity index is 1080. The highest BCUT2D eigenvalue weighted by Crippen LogP contribution is 2.29. The predicted molar refractivity (Wildman–Crippen MR) is 123 cm³/mol. The lowest BCUT2D eigenvalue weighted by atomic mass is 9.92. The minimum Gasteiger partial charge on any atom is -0.497 e. The number of methoxy groups -OCH3 is 2. The van der Waals surface area contributed by atoms with Crippen LogP contribution < -0.4 is 15.2 Å². The number of nitrogens with two attached hydrogens (primary N) is 1. The van der Waals surface area contributed by atoms with Crippen molar-refractivity contribution in [1.82, 2.24) is 14.9 Å². The first kappa shape index (κ1) is 21.6. The summed E-state index contributed by atoms with van der Waals surface area (Å²) in [6.45, 7) is 1.36. The van der Waals surface area contributed by atoms with Gasteiger partial charge in [0, 0.05) is 36.7 Å². The summed E-state index contributed by atoms with van der Waals surface area (Å²) in [6, 6.07) is 17.3. The van der Waals surface area contributed by atoms with Crippen molar-refractivity contribution in [2.24, 2.45) is 0 Å². The number of aromatic nitrogens is 2. The third-order valence-corrected chi connectivity index (χ3v) is 5.88. The van der Waals surface area contributed by atoms with Crippen LogP contribution in [0, 0.1) is 0 Å². The van der Waals surface area contributed by atoms with Crippen LogP contribution >= 0.6 is 0 Å². The van der Waals surface area contributed by atoms with Gasteiger partial charge < -0.3 is 20.1 Å². The van der Waals surface area contributed by atoms with Gasteiger partial charge in [-0.05, 0) is 54.8 Å². The predicted octanol–water partition coefficient (Wildman–Crippen LogP) is 3.69. The number of carbonyl (C=O) groups is 1. The molecule has 32 heavy (non-hydrogen) atoms. The summed E-state index contributed by atoms with van der Waals surface area (Å²) in [4.78, 5) is 23.7. The van der Waals surface area contributed by atoms with Gasteiger partial charge in [-0.3, -0.25) is 4.79 Å². The molecular formula is C25H28N4O3. The number of benzene rings is 2. The van der Waals surface area contributed by atoms with Crippen molar-refractivity contribution in [3.63, 3.8) is 0 Å². The molecule has 2 aromatic carbocycles. The molecule has 0 bridgehead atoms. The maximum atomic E-state index is 12.9. The Hall–Kier alpha value is -3.61. The largest absolute Gasteiger partial charge is 0.497 e. The molecule has 0 atom stereocenters. The van der Waals surface area contributed by atoms with E-state index in [1.807, 2.05) is 53.4 Å². The molecule has 166 valence electrons. The number of likely N-dealkylation sites (tertiary alicyclic amines) is 1. The number of rotatable bonds is 6. The van der Waals surface area contributed by atoms with Crippen LogP contribution in [0.25, 0.3) is 0 Å². The zero-order valence-corrected chi connectivity index (χ0v) is 18.5. The van der Waals surface area contributed by atoms with E-state index in [9.17, 15) is 4.79 Å². The van der Waals surface area contributed by atoms with Crippen molar-refractivity contribution >= 4 is 11.9 Å². The summed E-state index contributed by atoms with van der Waals surface area (Å²) in [5.41, 5.74) is 9.66. The van der Waals surface area contributed by atoms with Crippen molar-refractivity contribution in [2.75, 3.05) is 33.0 Å². The number of anilines is 1. The quantitative estimate of drug-likeness (QED) is 0.639. The van der Waals surface area contributed by atoms with Crippen LogP contribution in [0.4, 0.5) is 5.95 Å². The standard InChI is InChI=1S/C25H28N4O3/c1-31-21-8-6-17(7-9-21)14-20-16-23(28-25(26)27-20)18-10-12-29(13-11-18)24(30)19-4-3-5-22(15-19)32-2/h3-9,15-16,18H,10-14H2,1-2H3,(H2,26,27,28). The Kier molecular flexibility index (Phi) is 6.54. The van der Waals surface area contributed by atoms with Gasteiger partial charge in [0.05, 0.1) is 19.9 Å². The highest BCUT2D eigenvalue weighted by Gasteiger charge is 2.26. The van der Waals surface area contributed by atoms with Crippen LogP contribution in [0.5, 0.6) is 11.5 Å². The molecule has 1 aliphatic rings. The van der Waals surface area contributed by atoms with Crippen molar-refractivity contribution in [1.29, 1.82) is 0 Å². The van der Waals surface area contributed by atoms with E-state index in [0.29, 0.717) is 36.8 Å².